The van der Waals surface area contributed by atoms with Gasteiger partial charge in [-0.15, -0.1) is 0 Å². The van der Waals surface area contributed by atoms with E-state index in [1.165, 1.54) is 12.1 Å². The summed E-state index contributed by atoms with van der Waals surface area (Å²) in [6, 6.07) is 12.9. The Labute approximate surface area is 183 Å². The highest BCUT2D eigenvalue weighted by atomic mass is 35.5. The first-order chi connectivity index (χ1) is 14.4. The van der Waals surface area contributed by atoms with E-state index in [9.17, 15) is 13.2 Å². The van der Waals surface area contributed by atoms with E-state index in [0.717, 1.165) is 38.8 Å². The van der Waals surface area contributed by atoms with Crippen molar-refractivity contribution in [1.29, 1.82) is 0 Å². The molecule has 1 atom stereocenters. The number of carbonyl (C=O) groups excluding carboxylic acids is 1. The molecular formula is C22H28ClN3O3S. The van der Waals surface area contributed by atoms with E-state index >= 15 is 0 Å². The highest BCUT2D eigenvalue weighted by Crippen LogP contribution is 2.22. The minimum atomic E-state index is -3.80. The van der Waals surface area contributed by atoms with Gasteiger partial charge in [0.05, 0.1) is 4.90 Å². The summed E-state index contributed by atoms with van der Waals surface area (Å²) in [7, 11) is -3.80. The molecule has 30 heavy (non-hydrogen) atoms. The Morgan fingerprint density at radius 1 is 1.23 bits per heavy atom. The Morgan fingerprint density at radius 2 is 2.03 bits per heavy atom. The zero-order chi connectivity index (χ0) is 21.6. The van der Waals surface area contributed by atoms with E-state index in [1.807, 2.05) is 4.90 Å². The third-order valence-corrected chi connectivity index (χ3v) is 6.81. The minimum Gasteiger partial charge on any atom is -0.334 e. The van der Waals surface area contributed by atoms with Gasteiger partial charge in [0, 0.05) is 35.4 Å². The van der Waals surface area contributed by atoms with Crippen LogP contribution in [0.5, 0.6) is 0 Å². The maximum atomic E-state index is 13.3. The zero-order valence-corrected chi connectivity index (χ0v) is 18.7. The van der Waals surface area contributed by atoms with Crippen molar-refractivity contribution in [2.75, 3.05) is 24.4 Å². The quantitative estimate of drug-likeness (QED) is 0.666. The number of halogens is 1. The Kier molecular flexibility index (Phi) is 7.75. The van der Waals surface area contributed by atoms with Crippen LogP contribution in [0.2, 0.25) is 5.02 Å². The number of nitrogens with one attached hydrogen (secondary N) is 2. The van der Waals surface area contributed by atoms with E-state index in [2.05, 4.69) is 17.0 Å². The summed E-state index contributed by atoms with van der Waals surface area (Å²) >= 11 is 5.92. The molecule has 0 radical (unpaired) electrons. The number of amides is 1. The van der Waals surface area contributed by atoms with Crippen LogP contribution in [0.3, 0.4) is 0 Å². The summed E-state index contributed by atoms with van der Waals surface area (Å²) in [5, 5.41) is 3.75. The molecule has 1 unspecified atom stereocenters. The second-order valence-electron chi connectivity index (χ2n) is 7.50. The van der Waals surface area contributed by atoms with Crippen molar-refractivity contribution < 1.29 is 13.2 Å². The predicted molar refractivity (Wildman–Crippen MR) is 121 cm³/mol. The SMILES string of the molecule is CCCCC1CNCCCN1C(=O)c1cccc(NS(=O)(=O)c2cccc(Cl)c2)c1. The third-order valence-electron chi connectivity index (χ3n) is 5.19. The van der Waals surface area contributed by atoms with Gasteiger partial charge in [0.1, 0.15) is 0 Å². The molecule has 0 aliphatic carbocycles. The van der Waals surface area contributed by atoms with Crippen LogP contribution in [-0.4, -0.2) is 44.9 Å². The van der Waals surface area contributed by atoms with Crippen LogP contribution < -0.4 is 10.0 Å². The molecule has 1 amide bonds. The molecule has 162 valence electrons. The third kappa shape index (κ3) is 5.74. The van der Waals surface area contributed by atoms with Crippen molar-refractivity contribution in [2.45, 2.75) is 43.5 Å². The van der Waals surface area contributed by atoms with Gasteiger partial charge in [0.25, 0.3) is 15.9 Å². The van der Waals surface area contributed by atoms with E-state index in [0.29, 0.717) is 22.8 Å². The average Bonchev–Trinajstić information content (AvgIpc) is 2.97. The van der Waals surface area contributed by atoms with Gasteiger partial charge in [0.15, 0.2) is 0 Å². The monoisotopic (exact) mass is 449 g/mol. The molecule has 6 nitrogen and oxygen atoms in total. The lowest BCUT2D eigenvalue weighted by atomic mass is 10.1. The van der Waals surface area contributed by atoms with Crippen LogP contribution in [0.1, 0.15) is 43.0 Å². The summed E-state index contributed by atoms with van der Waals surface area (Å²) < 4.78 is 27.9. The molecule has 3 rings (SSSR count). The van der Waals surface area contributed by atoms with Crippen molar-refractivity contribution in [3.63, 3.8) is 0 Å². The molecule has 1 aliphatic rings. The highest BCUT2D eigenvalue weighted by Gasteiger charge is 2.26. The second kappa shape index (κ2) is 10.3. The normalized spacial score (nSPS) is 17.4. The zero-order valence-electron chi connectivity index (χ0n) is 17.1. The molecule has 2 N–H and O–H groups in total. The lowest BCUT2D eigenvalue weighted by Crippen LogP contribution is -2.43. The van der Waals surface area contributed by atoms with Crippen molar-refractivity contribution in [3.05, 3.63) is 59.1 Å². The topological polar surface area (TPSA) is 78.5 Å². The lowest BCUT2D eigenvalue weighted by Gasteiger charge is -2.30. The van der Waals surface area contributed by atoms with Crippen LogP contribution in [0, 0.1) is 0 Å². The van der Waals surface area contributed by atoms with Gasteiger partial charge < -0.3 is 10.2 Å². The van der Waals surface area contributed by atoms with E-state index in [-0.39, 0.29) is 16.8 Å². The Morgan fingerprint density at radius 3 is 2.80 bits per heavy atom. The maximum Gasteiger partial charge on any atom is 0.261 e. The molecule has 8 heteroatoms. The fourth-order valence-corrected chi connectivity index (χ4v) is 4.98. The van der Waals surface area contributed by atoms with E-state index in [4.69, 9.17) is 11.6 Å². The second-order valence-corrected chi connectivity index (χ2v) is 9.61. The highest BCUT2D eigenvalue weighted by molar-refractivity contribution is 7.92. The fraction of sp³-hybridized carbons (Fsp3) is 0.409. The van der Waals surface area contributed by atoms with Crippen LogP contribution in [0.15, 0.2) is 53.4 Å². The van der Waals surface area contributed by atoms with Crippen molar-refractivity contribution in [2.24, 2.45) is 0 Å². The fourth-order valence-electron chi connectivity index (χ4n) is 3.63. The molecule has 0 saturated carbocycles. The van der Waals surface area contributed by atoms with E-state index < -0.39 is 10.0 Å². The van der Waals surface area contributed by atoms with Gasteiger partial charge in [-0.1, -0.05) is 43.5 Å². The van der Waals surface area contributed by atoms with Gasteiger partial charge in [-0.2, -0.15) is 0 Å². The average molecular weight is 450 g/mol. The summed E-state index contributed by atoms with van der Waals surface area (Å²) in [6.07, 6.45) is 4.00. The maximum absolute atomic E-state index is 13.3. The summed E-state index contributed by atoms with van der Waals surface area (Å²) in [6.45, 7) is 4.52. The lowest BCUT2D eigenvalue weighted by molar-refractivity contribution is 0.0682. The summed E-state index contributed by atoms with van der Waals surface area (Å²) in [5.74, 6) is -0.0661. The number of sulfonamides is 1. The van der Waals surface area contributed by atoms with Gasteiger partial charge in [-0.05, 0) is 55.8 Å². The smallest absolute Gasteiger partial charge is 0.261 e. The number of carbonyl (C=O) groups is 1. The molecule has 0 spiro atoms. The van der Waals surface area contributed by atoms with Crippen LogP contribution in [-0.2, 0) is 10.0 Å². The summed E-state index contributed by atoms with van der Waals surface area (Å²) in [4.78, 5) is 15.3. The van der Waals surface area contributed by atoms with Gasteiger partial charge >= 0.3 is 0 Å². The number of hydrogen-bond acceptors (Lipinski definition) is 4. The van der Waals surface area contributed by atoms with E-state index in [1.54, 1.807) is 36.4 Å². The largest absolute Gasteiger partial charge is 0.334 e. The number of hydrogen-bond donors (Lipinski definition) is 2. The predicted octanol–water partition coefficient (Wildman–Crippen LogP) is 4.14. The Balaban J connectivity index is 1.80. The molecule has 0 aromatic heterocycles. The molecule has 1 fully saturated rings. The Bertz CT molecular complexity index is 981. The van der Waals surface area contributed by atoms with Gasteiger partial charge in [-0.3, -0.25) is 9.52 Å². The van der Waals surface area contributed by atoms with Crippen molar-refractivity contribution in [3.8, 4) is 0 Å². The molecule has 1 aliphatic heterocycles. The number of unbranched alkanes of at least 4 members (excludes halogenated alkanes) is 1. The molecule has 2 aromatic rings. The van der Waals surface area contributed by atoms with Gasteiger partial charge in [0.2, 0.25) is 0 Å². The van der Waals surface area contributed by atoms with Crippen LogP contribution in [0.25, 0.3) is 0 Å². The minimum absolute atomic E-state index is 0.0661. The molecule has 1 heterocycles. The van der Waals surface area contributed by atoms with Gasteiger partial charge in [-0.25, -0.2) is 8.42 Å². The van der Waals surface area contributed by atoms with Crippen LogP contribution in [0.4, 0.5) is 5.69 Å². The summed E-state index contributed by atoms with van der Waals surface area (Å²) in [5.41, 5.74) is 0.823. The first kappa shape index (κ1) is 22.6. The molecular weight excluding hydrogens is 422 g/mol. The van der Waals surface area contributed by atoms with Crippen LogP contribution >= 0.6 is 11.6 Å². The number of benzene rings is 2. The molecule has 1 saturated heterocycles. The number of nitrogens with zero attached hydrogens (tertiary/aromatic N) is 1. The number of rotatable bonds is 7. The first-order valence-corrected chi connectivity index (χ1v) is 12.2. The molecule has 2 aromatic carbocycles. The first-order valence-electron chi connectivity index (χ1n) is 10.3. The molecule has 0 bridgehead atoms. The number of anilines is 1. The van der Waals surface area contributed by atoms with Crippen molar-refractivity contribution in [1.82, 2.24) is 10.2 Å². The standard InChI is InChI=1S/C22H28ClN3O3S/c1-2-3-10-20-16-24-12-6-13-26(20)22(27)17-7-4-9-19(14-17)25-30(28,29)21-11-5-8-18(23)15-21/h4-5,7-9,11,14-15,20,24-25H,2-3,6,10,12-13,16H2,1H3. The Hall–Kier alpha value is -2.09. The van der Waals surface area contributed by atoms with Crippen molar-refractivity contribution >= 4 is 33.2 Å².